The minimum Gasteiger partial charge on any atom is -0.459 e. The third kappa shape index (κ3) is 1.31. The summed E-state index contributed by atoms with van der Waals surface area (Å²) in [5, 5.41) is 0. The van der Waals surface area contributed by atoms with E-state index in [1.54, 1.807) is 6.20 Å². The molecule has 2 nitrogen and oxygen atoms in total. The van der Waals surface area contributed by atoms with Gasteiger partial charge in [0.2, 0.25) is 0 Å². The van der Waals surface area contributed by atoms with E-state index in [4.69, 9.17) is 4.42 Å². The zero-order valence-electron chi connectivity index (χ0n) is 9.09. The molecule has 2 heteroatoms. The van der Waals surface area contributed by atoms with Gasteiger partial charge in [0.05, 0.1) is 0 Å². The second-order valence-electron chi connectivity index (χ2n) is 4.66. The first-order valence-corrected chi connectivity index (χ1v) is 4.85. The van der Waals surface area contributed by atoms with Gasteiger partial charge in [0, 0.05) is 17.2 Å². The predicted molar refractivity (Wildman–Crippen MR) is 57.4 cm³/mol. The Labute approximate surface area is 84.0 Å². The smallest absolute Gasteiger partial charge is 0.153 e. The van der Waals surface area contributed by atoms with Gasteiger partial charge < -0.3 is 4.42 Å². The van der Waals surface area contributed by atoms with Gasteiger partial charge in [-0.15, -0.1) is 0 Å². The molecule has 0 bridgehead atoms. The Morgan fingerprint density at radius 1 is 1.29 bits per heavy atom. The number of aromatic nitrogens is 1. The van der Waals surface area contributed by atoms with Crippen LogP contribution in [0.25, 0.3) is 11.1 Å². The van der Waals surface area contributed by atoms with E-state index in [1.807, 2.05) is 12.1 Å². The van der Waals surface area contributed by atoms with Crippen molar-refractivity contribution in [2.75, 3.05) is 0 Å². The van der Waals surface area contributed by atoms with Crippen LogP contribution in [0.5, 0.6) is 0 Å². The van der Waals surface area contributed by atoms with Crippen molar-refractivity contribution in [2.45, 2.75) is 33.1 Å². The van der Waals surface area contributed by atoms with Crippen LogP contribution >= 0.6 is 0 Å². The van der Waals surface area contributed by atoms with E-state index < -0.39 is 0 Å². The molecule has 0 unspecified atom stereocenters. The molecule has 0 aliphatic rings. The second kappa shape index (κ2) is 2.84. The lowest BCUT2D eigenvalue weighted by atomic mass is 9.91. The first kappa shape index (κ1) is 9.25. The number of pyridine rings is 1. The summed E-state index contributed by atoms with van der Waals surface area (Å²) in [5.41, 5.74) is 3.07. The minimum atomic E-state index is 0.0464. The molecule has 2 rings (SSSR count). The molecule has 0 amide bonds. The van der Waals surface area contributed by atoms with Gasteiger partial charge in [-0.25, -0.2) is 0 Å². The van der Waals surface area contributed by atoms with Crippen LogP contribution in [0, 0.1) is 6.92 Å². The summed E-state index contributed by atoms with van der Waals surface area (Å²) in [7, 11) is 0. The summed E-state index contributed by atoms with van der Waals surface area (Å²) in [6.45, 7) is 8.52. The molecule has 2 aromatic heterocycles. The van der Waals surface area contributed by atoms with Gasteiger partial charge in [-0.2, -0.15) is 0 Å². The van der Waals surface area contributed by atoms with Crippen molar-refractivity contribution in [1.82, 2.24) is 4.98 Å². The zero-order valence-corrected chi connectivity index (χ0v) is 9.09. The number of fused-ring (bicyclic) bond motifs is 1. The van der Waals surface area contributed by atoms with E-state index in [-0.39, 0.29) is 5.41 Å². The average Bonchev–Trinajstić information content (AvgIpc) is 2.44. The molecule has 0 spiro atoms. The highest BCUT2D eigenvalue weighted by atomic mass is 16.3. The Balaban J connectivity index is 2.75. The Kier molecular flexibility index (Phi) is 1.88. The lowest BCUT2D eigenvalue weighted by Crippen LogP contribution is -2.10. The third-order valence-electron chi connectivity index (χ3n) is 2.36. The summed E-state index contributed by atoms with van der Waals surface area (Å²) in [4.78, 5) is 4.32. The molecule has 2 heterocycles. The van der Waals surface area contributed by atoms with Crippen LogP contribution in [-0.2, 0) is 5.41 Å². The summed E-state index contributed by atoms with van der Waals surface area (Å²) in [6.07, 6.45) is 1.80. The monoisotopic (exact) mass is 189 g/mol. The molecule has 2 aromatic rings. The Bertz CT molecular complexity index is 463. The van der Waals surface area contributed by atoms with Crippen LogP contribution in [0.3, 0.4) is 0 Å². The van der Waals surface area contributed by atoms with E-state index in [2.05, 4.69) is 32.7 Å². The molecule has 0 aliphatic heterocycles. The van der Waals surface area contributed by atoms with Gasteiger partial charge >= 0.3 is 0 Å². The van der Waals surface area contributed by atoms with Gasteiger partial charge in [-0.05, 0) is 19.1 Å². The maximum Gasteiger partial charge on any atom is 0.153 e. The molecular weight excluding hydrogens is 174 g/mol. The zero-order chi connectivity index (χ0) is 10.3. The maximum atomic E-state index is 5.80. The Hall–Kier alpha value is -1.31. The molecule has 0 N–H and O–H groups in total. The molecule has 0 aromatic carbocycles. The lowest BCUT2D eigenvalue weighted by Gasteiger charge is -2.15. The fraction of sp³-hybridized carbons (Fsp3) is 0.417. The number of furan rings is 1. The maximum absolute atomic E-state index is 5.80. The molecule has 14 heavy (non-hydrogen) atoms. The van der Waals surface area contributed by atoms with E-state index in [9.17, 15) is 0 Å². The van der Waals surface area contributed by atoms with Crippen molar-refractivity contribution in [3.8, 4) is 0 Å². The number of nitrogens with zero attached hydrogens (tertiary/aromatic N) is 1. The van der Waals surface area contributed by atoms with Crippen LogP contribution in [0.4, 0.5) is 0 Å². The largest absolute Gasteiger partial charge is 0.459 e. The van der Waals surface area contributed by atoms with E-state index in [0.717, 1.165) is 22.4 Å². The van der Waals surface area contributed by atoms with Crippen molar-refractivity contribution >= 4 is 11.1 Å². The molecule has 0 aliphatic carbocycles. The first-order chi connectivity index (χ1) is 6.50. The molecule has 74 valence electrons. The first-order valence-electron chi connectivity index (χ1n) is 4.85. The van der Waals surface area contributed by atoms with Gasteiger partial charge in [0.1, 0.15) is 11.3 Å². The molecule has 0 saturated carbocycles. The quantitative estimate of drug-likeness (QED) is 0.634. The molecular formula is C12H15NO. The average molecular weight is 189 g/mol. The van der Waals surface area contributed by atoms with Crippen LogP contribution in [0.15, 0.2) is 22.7 Å². The SMILES string of the molecule is Cc1c(C(C)(C)C)oc2cccnc12. The van der Waals surface area contributed by atoms with Gasteiger partial charge in [0.25, 0.3) is 0 Å². The van der Waals surface area contributed by atoms with Crippen molar-refractivity contribution in [3.05, 3.63) is 29.7 Å². The van der Waals surface area contributed by atoms with Crippen molar-refractivity contribution in [1.29, 1.82) is 0 Å². The molecule has 0 fully saturated rings. The Morgan fingerprint density at radius 2 is 2.00 bits per heavy atom. The third-order valence-corrected chi connectivity index (χ3v) is 2.36. The topological polar surface area (TPSA) is 26.0 Å². The second-order valence-corrected chi connectivity index (χ2v) is 4.66. The highest BCUT2D eigenvalue weighted by Crippen LogP contribution is 2.32. The predicted octanol–water partition coefficient (Wildman–Crippen LogP) is 3.43. The highest BCUT2D eigenvalue weighted by molar-refractivity contribution is 5.77. The fourth-order valence-corrected chi connectivity index (χ4v) is 1.76. The van der Waals surface area contributed by atoms with Crippen LogP contribution in [0.1, 0.15) is 32.1 Å². The van der Waals surface area contributed by atoms with E-state index in [1.165, 1.54) is 0 Å². The number of hydrogen-bond acceptors (Lipinski definition) is 2. The fourth-order valence-electron chi connectivity index (χ4n) is 1.76. The molecule has 0 radical (unpaired) electrons. The van der Waals surface area contributed by atoms with Crippen molar-refractivity contribution in [2.24, 2.45) is 0 Å². The molecule has 0 saturated heterocycles. The number of hydrogen-bond donors (Lipinski definition) is 0. The normalized spacial score (nSPS) is 12.3. The minimum absolute atomic E-state index is 0.0464. The lowest BCUT2D eigenvalue weighted by molar-refractivity contribution is 0.426. The van der Waals surface area contributed by atoms with Crippen molar-refractivity contribution < 1.29 is 4.42 Å². The summed E-state index contributed by atoms with van der Waals surface area (Å²) < 4.78 is 5.80. The standard InChI is InChI=1S/C12H15NO/c1-8-10-9(6-5-7-13-10)14-11(8)12(2,3)4/h5-7H,1-4H3. The van der Waals surface area contributed by atoms with Crippen LogP contribution in [-0.4, -0.2) is 4.98 Å². The van der Waals surface area contributed by atoms with Gasteiger partial charge in [0.15, 0.2) is 5.58 Å². The van der Waals surface area contributed by atoms with Gasteiger partial charge in [-0.3, -0.25) is 4.98 Å². The van der Waals surface area contributed by atoms with Crippen molar-refractivity contribution in [3.63, 3.8) is 0 Å². The Morgan fingerprint density at radius 3 is 2.57 bits per heavy atom. The highest BCUT2D eigenvalue weighted by Gasteiger charge is 2.23. The number of aryl methyl sites for hydroxylation is 1. The van der Waals surface area contributed by atoms with Gasteiger partial charge in [-0.1, -0.05) is 20.8 Å². The van der Waals surface area contributed by atoms with Crippen LogP contribution < -0.4 is 0 Å². The van der Waals surface area contributed by atoms with E-state index in [0.29, 0.717) is 0 Å². The summed E-state index contributed by atoms with van der Waals surface area (Å²) in [6, 6.07) is 3.86. The summed E-state index contributed by atoms with van der Waals surface area (Å²) in [5.74, 6) is 1.03. The van der Waals surface area contributed by atoms with Crippen LogP contribution in [0.2, 0.25) is 0 Å². The van der Waals surface area contributed by atoms with E-state index >= 15 is 0 Å². The number of rotatable bonds is 0. The molecule has 0 atom stereocenters. The summed E-state index contributed by atoms with van der Waals surface area (Å²) >= 11 is 0.